The van der Waals surface area contributed by atoms with Crippen LogP contribution in [0, 0.1) is 10.1 Å². The zero-order valence-electron chi connectivity index (χ0n) is 11.1. The first kappa shape index (κ1) is 14.3. The Morgan fingerprint density at radius 1 is 1.45 bits per heavy atom. The zero-order valence-corrected chi connectivity index (χ0v) is 11.1. The van der Waals surface area contributed by atoms with Gasteiger partial charge in [0.1, 0.15) is 11.7 Å². The van der Waals surface area contributed by atoms with Crippen LogP contribution in [0.1, 0.15) is 23.2 Å². The van der Waals surface area contributed by atoms with Crippen LogP contribution in [-0.4, -0.2) is 47.1 Å². The second kappa shape index (κ2) is 5.87. The lowest BCUT2D eigenvalue weighted by atomic mass is 10.1. The molecular formula is C13H16N2O5. The summed E-state index contributed by atoms with van der Waals surface area (Å²) in [7, 11) is 2.00. The Labute approximate surface area is 115 Å². The number of hydrogen-bond acceptors (Lipinski definition) is 5. The maximum Gasteiger partial charge on any atom is 0.342 e. The van der Waals surface area contributed by atoms with Gasteiger partial charge in [-0.25, -0.2) is 4.79 Å². The molecule has 108 valence electrons. The van der Waals surface area contributed by atoms with Gasteiger partial charge in [0.25, 0.3) is 0 Å². The molecule has 1 fully saturated rings. The molecular weight excluding hydrogens is 264 g/mol. The van der Waals surface area contributed by atoms with Crippen molar-refractivity contribution >= 4 is 11.7 Å². The van der Waals surface area contributed by atoms with Crippen LogP contribution in [0.5, 0.6) is 5.75 Å². The Kier molecular flexibility index (Phi) is 4.19. The molecule has 0 spiro atoms. The summed E-state index contributed by atoms with van der Waals surface area (Å²) in [6, 6.07) is 4.12. The molecule has 0 aliphatic carbocycles. The van der Waals surface area contributed by atoms with E-state index < -0.39 is 16.6 Å². The largest absolute Gasteiger partial charge is 0.483 e. The van der Waals surface area contributed by atoms with Crippen molar-refractivity contribution in [3.63, 3.8) is 0 Å². The average Bonchev–Trinajstić information content (AvgIpc) is 2.40. The van der Waals surface area contributed by atoms with E-state index in [0.29, 0.717) is 0 Å². The summed E-state index contributed by atoms with van der Waals surface area (Å²) in [4.78, 5) is 23.6. The summed E-state index contributed by atoms with van der Waals surface area (Å²) in [5, 5.41) is 20.1. The number of ether oxygens (including phenoxy) is 1. The Morgan fingerprint density at radius 2 is 2.10 bits per heavy atom. The Morgan fingerprint density at radius 3 is 2.65 bits per heavy atom. The Bertz CT molecular complexity index is 523. The van der Waals surface area contributed by atoms with E-state index in [0.717, 1.165) is 25.9 Å². The van der Waals surface area contributed by atoms with Gasteiger partial charge in [0.05, 0.1) is 4.92 Å². The fraction of sp³-hybridized carbons (Fsp3) is 0.462. The first-order valence-electron chi connectivity index (χ1n) is 6.35. The molecule has 7 nitrogen and oxygen atoms in total. The van der Waals surface area contributed by atoms with Crippen molar-refractivity contribution in [2.24, 2.45) is 0 Å². The predicted molar refractivity (Wildman–Crippen MR) is 71.2 cm³/mol. The van der Waals surface area contributed by atoms with E-state index in [1.54, 1.807) is 0 Å². The molecule has 0 unspecified atom stereocenters. The van der Waals surface area contributed by atoms with E-state index in [4.69, 9.17) is 9.84 Å². The molecule has 0 saturated carbocycles. The normalized spacial score (nSPS) is 16.9. The maximum atomic E-state index is 11.1. The highest BCUT2D eigenvalue weighted by molar-refractivity contribution is 5.93. The van der Waals surface area contributed by atoms with Crippen molar-refractivity contribution in [1.82, 2.24) is 4.90 Å². The SMILES string of the molecule is CN1CCC(Oc2cccc(C(=O)O)c2[N+](=O)[O-])CC1. The summed E-state index contributed by atoms with van der Waals surface area (Å²) in [5.41, 5.74) is -0.820. The number of aromatic carboxylic acids is 1. The van der Waals surface area contributed by atoms with Crippen LogP contribution in [0.3, 0.4) is 0 Å². The van der Waals surface area contributed by atoms with E-state index in [1.165, 1.54) is 18.2 Å². The molecule has 0 radical (unpaired) electrons. The van der Waals surface area contributed by atoms with Crippen molar-refractivity contribution in [2.75, 3.05) is 20.1 Å². The molecule has 2 rings (SSSR count). The number of carbonyl (C=O) groups is 1. The third-order valence-electron chi connectivity index (χ3n) is 3.37. The van der Waals surface area contributed by atoms with Gasteiger partial charge in [-0.1, -0.05) is 6.07 Å². The molecule has 0 amide bonds. The summed E-state index contributed by atoms with van der Waals surface area (Å²) in [6.45, 7) is 1.72. The number of piperidine rings is 1. The maximum absolute atomic E-state index is 11.1. The number of para-hydroxylation sites is 1. The first-order chi connectivity index (χ1) is 9.49. The fourth-order valence-electron chi connectivity index (χ4n) is 2.26. The highest BCUT2D eigenvalue weighted by Crippen LogP contribution is 2.32. The Balaban J connectivity index is 2.25. The van der Waals surface area contributed by atoms with Gasteiger partial charge in [0.15, 0.2) is 5.75 Å². The predicted octanol–water partition coefficient (Wildman–Crippen LogP) is 1.77. The third-order valence-corrected chi connectivity index (χ3v) is 3.37. The molecule has 1 N–H and O–H groups in total. The standard InChI is InChI=1S/C13H16N2O5/c1-14-7-5-9(6-8-14)20-11-4-2-3-10(13(16)17)12(11)15(18)19/h2-4,9H,5-8H2,1H3,(H,16,17). The number of nitro benzene ring substituents is 1. The quantitative estimate of drug-likeness (QED) is 0.667. The number of hydrogen-bond donors (Lipinski definition) is 1. The lowest BCUT2D eigenvalue weighted by Crippen LogP contribution is -2.35. The van der Waals surface area contributed by atoms with E-state index in [-0.39, 0.29) is 17.4 Å². The highest BCUT2D eigenvalue weighted by Gasteiger charge is 2.28. The molecule has 0 atom stereocenters. The molecule has 1 heterocycles. The number of likely N-dealkylation sites (tertiary alicyclic amines) is 1. The number of rotatable bonds is 4. The van der Waals surface area contributed by atoms with Crippen LogP contribution >= 0.6 is 0 Å². The van der Waals surface area contributed by atoms with Gasteiger partial charge >= 0.3 is 11.7 Å². The molecule has 1 saturated heterocycles. The first-order valence-corrected chi connectivity index (χ1v) is 6.35. The van der Waals surface area contributed by atoms with Gasteiger partial charge in [-0.05, 0) is 32.0 Å². The van der Waals surface area contributed by atoms with Gasteiger partial charge in [-0.3, -0.25) is 10.1 Å². The molecule has 7 heteroatoms. The van der Waals surface area contributed by atoms with E-state index in [1.807, 2.05) is 7.05 Å². The topological polar surface area (TPSA) is 92.9 Å². The van der Waals surface area contributed by atoms with E-state index >= 15 is 0 Å². The van der Waals surface area contributed by atoms with Crippen LogP contribution in [0.25, 0.3) is 0 Å². The monoisotopic (exact) mass is 280 g/mol. The van der Waals surface area contributed by atoms with Gasteiger partial charge in [-0.15, -0.1) is 0 Å². The number of benzene rings is 1. The second-order valence-corrected chi connectivity index (χ2v) is 4.84. The van der Waals surface area contributed by atoms with Crippen molar-refractivity contribution in [3.05, 3.63) is 33.9 Å². The zero-order chi connectivity index (χ0) is 14.7. The van der Waals surface area contributed by atoms with Crippen LogP contribution in [-0.2, 0) is 0 Å². The summed E-state index contributed by atoms with van der Waals surface area (Å²) in [6.07, 6.45) is 1.42. The lowest BCUT2D eigenvalue weighted by Gasteiger charge is -2.29. The molecule has 1 aliphatic heterocycles. The minimum Gasteiger partial charge on any atom is -0.483 e. The van der Waals surface area contributed by atoms with Gasteiger partial charge in [0.2, 0.25) is 0 Å². The minimum atomic E-state index is -1.33. The summed E-state index contributed by atoms with van der Waals surface area (Å²) in [5.74, 6) is -1.30. The van der Waals surface area contributed by atoms with Crippen LogP contribution in [0.2, 0.25) is 0 Å². The molecule has 1 aromatic carbocycles. The number of nitrogens with zero attached hydrogens (tertiary/aromatic N) is 2. The van der Waals surface area contributed by atoms with Crippen LogP contribution in [0.4, 0.5) is 5.69 Å². The van der Waals surface area contributed by atoms with Crippen LogP contribution < -0.4 is 4.74 Å². The van der Waals surface area contributed by atoms with Crippen molar-refractivity contribution in [3.8, 4) is 5.75 Å². The lowest BCUT2D eigenvalue weighted by molar-refractivity contribution is -0.386. The van der Waals surface area contributed by atoms with Crippen molar-refractivity contribution < 1.29 is 19.6 Å². The Hall–Kier alpha value is -2.15. The number of carboxylic acid groups (broad SMARTS) is 1. The summed E-state index contributed by atoms with van der Waals surface area (Å²) >= 11 is 0. The van der Waals surface area contributed by atoms with Crippen molar-refractivity contribution in [1.29, 1.82) is 0 Å². The highest BCUT2D eigenvalue weighted by atomic mass is 16.6. The molecule has 0 bridgehead atoms. The van der Waals surface area contributed by atoms with Crippen LogP contribution in [0.15, 0.2) is 18.2 Å². The average molecular weight is 280 g/mol. The number of nitro groups is 1. The molecule has 20 heavy (non-hydrogen) atoms. The second-order valence-electron chi connectivity index (χ2n) is 4.84. The summed E-state index contributed by atoms with van der Waals surface area (Å²) < 4.78 is 5.66. The fourth-order valence-corrected chi connectivity index (χ4v) is 2.26. The third kappa shape index (κ3) is 3.05. The van der Waals surface area contributed by atoms with Gasteiger partial charge in [0, 0.05) is 13.1 Å². The molecule has 1 aromatic rings. The van der Waals surface area contributed by atoms with E-state index in [9.17, 15) is 14.9 Å². The smallest absolute Gasteiger partial charge is 0.342 e. The molecule has 0 aromatic heterocycles. The minimum absolute atomic E-state index is 0.0319. The van der Waals surface area contributed by atoms with Gasteiger partial charge in [-0.2, -0.15) is 0 Å². The molecule has 1 aliphatic rings. The van der Waals surface area contributed by atoms with E-state index in [2.05, 4.69) is 4.90 Å². The van der Waals surface area contributed by atoms with Crippen molar-refractivity contribution in [2.45, 2.75) is 18.9 Å². The van der Waals surface area contributed by atoms with Gasteiger partial charge < -0.3 is 14.7 Å². The number of carboxylic acids is 1.